The SMILES string of the molecule is NC(=O)c1c(-c2cccc(Cl)c2)nn2c1CN(C(=O)Cc1ccc(N3CCCCC3)cc1)C[C@H]2CF. The van der Waals surface area contributed by atoms with Crippen LogP contribution in [0.25, 0.3) is 11.3 Å². The van der Waals surface area contributed by atoms with Crippen molar-refractivity contribution in [1.82, 2.24) is 14.7 Å². The van der Waals surface area contributed by atoms with E-state index in [-0.39, 0.29) is 31.0 Å². The van der Waals surface area contributed by atoms with E-state index < -0.39 is 18.6 Å². The number of alkyl halides is 1. The molecule has 7 nitrogen and oxygen atoms in total. The zero-order chi connectivity index (χ0) is 25.2. The molecule has 188 valence electrons. The molecule has 1 saturated heterocycles. The summed E-state index contributed by atoms with van der Waals surface area (Å²) in [6, 6.07) is 14.3. The average Bonchev–Trinajstić information content (AvgIpc) is 3.29. The van der Waals surface area contributed by atoms with E-state index >= 15 is 0 Å². The fourth-order valence-corrected chi connectivity index (χ4v) is 5.35. The maximum absolute atomic E-state index is 14.1. The van der Waals surface area contributed by atoms with Gasteiger partial charge in [-0.15, -0.1) is 0 Å². The summed E-state index contributed by atoms with van der Waals surface area (Å²) in [7, 11) is 0. The number of primary amides is 1. The Bertz CT molecular complexity index is 1270. The largest absolute Gasteiger partial charge is 0.372 e. The number of nitrogens with two attached hydrogens (primary N) is 1. The Morgan fingerprint density at radius 2 is 1.83 bits per heavy atom. The highest BCUT2D eigenvalue weighted by molar-refractivity contribution is 6.30. The molecule has 0 spiro atoms. The van der Waals surface area contributed by atoms with Crippen LogP contribution in [0.2, 0.25) is 5.02 Å². The van der Waals surface area contributed by atoms with Crippen LogP contribution >= 0.6 is 11.6 Å². The van der Waals surface area contributed by atoms with Crippen LogP contribution in [-0.2, 0) is 17.8 Å². The van der Waals surface area contributed by atoms with E-state index in [1.807, 2.05) is 12.1 Å². The molecule has 1 fully saturated rings. The quantitative estimate of drug-likeness (QED) is 0.534. The Balaban J connectivity index is 1.38. The summed E-state index contributed by atoms with van der Waals surface area (Å²) in [5, 5.41) is 5.03. The molecule has 0 saturated carbocycles. The number of hydrogen-bond donors (Lipinski definition) is 1. The van der Waals surface area contributed by atoms with Gasteiger partial charge in [0.15, 0.2) is 0 Å². The molecule has 9 heteroatoms. The zero-order valence-corrected chi connectivity index (χ0v) is 20.8. The van der Waals surface area contributed by atoms with Crippen molar-refractivity contribution in [2.75, 3.05) is 31.2 Å². The van der Waals surface area contributed by atoms with Gasteiger partial charge in [0, 0.05) is 35.9 Å². The number of carbonyl (C=O) groups is 2. The van der Waals surface area contributed by atoms with E-state index in [9.17, 15) is 14.0 Å². The molecular formula is C27H29ClFN5O2. The topological polar surface area (TPSA) is 84.5 Å². The molecule has 1 aromatic heterocycles. The van der Waals surface area contributed by atoms with Gasteiger partial charge in [0.05, 0.1) is 30.3 Å². The highest BCUT2D eigenvalue weighted by atomic mass is 35.5. The maximum atomic E-state index is 14.1. The molecule has 5 rings (SSSR count). The van der Waals surface area contributed by atoms with Crippen LogP contribution in [0.4, 0.5) is 10.1 Å². The van der Waals surface area contributed by atoms with E-state index in [0.29, 0.717) is 22.0 Å². The Hall–Kier alpha value is -3.39. The lowest BCUT2D eigenvalue weighted by Crippen LogP contribution is -2.43. The molecule has 36 heavy (non-hydrogen) atoms. The number of hydrogen-bond acceptors (Lipinski definition) is 4. The van der Waals surface area contributed by atoms with Crippen LogP contribution < -0.4 is 10.6 Å². The molecule has 0 bridgehead atoms. The van der Waals surface area contributed by atoms with E-state index in [0.717, 1.165) is 18.7 Å². The number of anilines is 1. The summed E-state index contributed by atoms with van der Waals surface area (Å²) in [6.07, 6.45) is 3.87. The van der Waals surface area contributed by atoms with Crippen LogP contribution in [0.5, 0.6) is 0 Å². The second-order valence-electron chi connectivity index (χ2n) is 9.46. The van der Waals surface area contributed by atoms with Crippen molar-refractivity contribution in [2.24, 2.45) is 5.73 Å². The Morgan fingerprint density at radius 1 is 1.08 bits per heavy atom. The number of rotatable bonds is 6. The Kier molecular flexibility index (Phi) is 6.96. The van der Waals surface area contributed by atoms with Gasteiger partial charge in [-0.25, -0.2) is 4.39 Å². The van der Waals surface area contributed by atoms with Gasteiger partial charge in [-0.2, -0.15) is 5.10 Å². The minimum absolute atomic E-state index is 0.132. The third-order valence-corrected chi connectivity index (χ3v) is 7.25. The van der Waals surface area contributed by atoms with Gasteiger partial charge in [-0.3, -0.25) is 14.3 Å². The van der Waals surface area contributed by atoms with Crippen LogP contribution in [0, 0.1) is 0 Å². The van der Waals surface area contributed by atoms with Crippen molar-refractivity contribution < 1.29 is 14.0 Å². The van der Waals surface area contributed by atoms with Gasteiger partial charge in [0.25, 0.3) is 5.91 Å². The van der Waals surface area contributed by atoms with E-state index in [1.54, 1.807) is 29.2 Å². The first-order valence-corrected chi connectivity index (χ1v) is 12.7. The van der Waals surface area contributed by atoms with Gasteiger partial charge in [0.2, 0.25) is 5.91 Å². The fourth-order valence-electron chi connectivity index (χ4n) is 5.16. The van der Waals surface area contributed by atoms with Gasteiger partial charge in [-0.05, 0) is 49.1 Å². The van der Waals surface area contributed by atoms with Crippen molar-refractivity contribution in [3.05, 3.63) is 70.4 Å². The summed E-state index contributed by atoms with van der Waals surface area (Å²) in [6.45, 7) is 1.69. The van der Waals surface area contributed by atoms with Gasteiger partial charge in [-0.1, -0.05) is 35.9 Å². The molecule has 2 aromatic carbocycles. The zero-order valence-electron chi connectivity index (χ0n) is 20.0. The smallest absolute Gasteiger partial charge is 0.252 e. The number of benzene rings is 2. The first-order chi connectivity index (χ1) is 17.4. The monoisotopic (exact) mass is 509 g/mol. The molecule has 0 aliphatic carbocycles. The predicted molar refractivity (Wildman–Crippen MR) is 138 cm³/mol. The summed E-state index contributed by atoms with van der Waals surface area (Å²) in [5.41, 5.74) is 9.41. The normalized spacial score (nSPS) is 17.7. The van der Waals surface area contributed by atoms with Crippen molar-refractivity contribution in [2.45, 2.75) is 38.3 Å². The van der Waals surface area contributed by atoms with Crippen molar-refractivity contribution in [1.29, 1.82) is 0 Å². The summed E-state index contributed by atoms with van der Waals surface area (Å²) in [5.74, 6) is -0.808. The lowest BCUT2D eigenvalue weighted by Gasteiger charge is -2.33. The lowest BCUT2D eigenvalue weighted by atomic mass is 10.0. The second kappa shape index (κ2) is 10.3. The number of nitrogens with zero attached hydrogens (tertiary/aromatic N) is 4. The summed E-state index contributed by atoms with van der Waals surface area (Å²) >= 11 is 6.14. The van der Waals surface area contributed by atoms with Crippen LogP contribution in [0.3, 0.4) is 0 Å². The Labute approximate surface area is 214 Å². The third kappa shape index (κ3) is 4.82. The van der Waals surface area contributed by atoms with Gasteiger partial charge >= 0.3 is 0 Å². The van der Waals surface area contributed by atoms with Crippen LogP contribution in [0.15, 0.2) is 48.5 Å². The number of fused-ring (bicyclic) bond motifs is 1. The van der Waals surface area contributed by atoms with E-state index in [4.69, 9.17) is 17.3 Å². The third-order valence-electron chi connectivity index (χ3n) is 7.02. The van der Waals surface area contributed by atoms with Crippen LogP contribution in [-0.4, -0.2) is 52.8 Å². The second-order valence-corrected chi connectivity index (χ2v) is 9.90. The first-order valence-electron chi connectivity index (χ1n) is 12.3. The van der Waals surface area contributed by atoms with Crippen molar-refractivity contribution in [3.63, 3.8) is 0 Å². The minimum atomic E-state index is -0.726. The Morgan fingerprint density at radius 3 is 2.50 bits per heavy atom. The lowest BCUT2D eigenvalue weighted by molar-refractivity contribution is -0.132. The maximum Gasteiger partial charge on any atom is 0.252 e. The van der Waals surface area contributed by atoms with E-state index in [1.165, 1.54) is 29.6 Å². The molecule has 0 unspecified atom stereocenters. The molecular weight excluding hydrogens is 481 g/mol. The number of piperidine rings is 1. The molecule has 1 atom stereocenters. The van der Waals surface area contributed by atoms with Crippen LogP contribution in [0.1, 0.15) is 46.9 Å². The average molecular weight is 510 g/mol. The highest BCUT2D eigenvalue weighted by Crippen LogP contribution is 2.33. The molecule has 2 N–H and O–H groups in total. The van der Waals surface area contributed by atoms with Crippen molar-refractivity contribution in [3.8, 4) is 11.3 Å². The highest BCUT2D eigenvalue weighted by Gasteiger charge is 2.34. The van der Waals surface area contributed by atoms with Gasteiger partial charge < -0.3 is 15.5 Å². The fraction of sp³-hybridized carbons (Fsp3) is 0.370. The standard InChI is InChI=1S/C27H29ClFN5O2/c28-20-6-4-5-19(14-20)26-25(27(30)36)23-17-33(16-22(15-29)34(23)31-26)24(35)13-18-7-9-21(10-8-18)32-11-2-1-3-12-32/h4-10,14,22H,1-3,11-13,15-17H2,(H2,30,36)/t22-/m1/s1. The molecule has 2 amide bonds. The number of amides is 2. The molecule has 2 aliphatic heterocycles. The van der Waals surface area contributed by atoms with Gasteiger partial charge in [0.1, 0.15) is 12.4 Å². The molecule has 3 heterocycles. The minimum Gasteiger partial charge on any atom is -0.372 e. The summed E-state index contributed by atoms with van der Waals surface area (Å²) < 4.78 is 15.6. The first kappa shape index (κ1) is 24.3. The van der Waals surface area contributed by atoms with Crippen molar-refractivity contribution >= 4 is 29.1 Å². The molecule has 2 aliphatic rings. The molecule has 0 radical (unpaired) electrons. The number of carbonyl (C=O) groups excluding carboxylic acids is 2. The molecule has 3 aromatic rings. The number of halogens is 2. The number of aromatic nitrogens is 2. The van der Waals surface area contributed by atoms with E-state index in [2.05, 4.69) is 22.1 Å². The predicted octanol–water partition coefficient (Wildman–Crippen LogP) is 4.39. The summed E-state index contributed by atoms with van der Waals surface area (Å²) in [4.78, 5) is 29.7.